The van der Waals surface area contributed by atoms with Crippen molar-refractivity contribution >= 4 is 11.9 Å². The highest BCUT2D eigenvalue weighted by Gasteiger charge is 2.46. The second-order valence-electron chi connectivity index (χ2n) is 7.71. The highest BCUT2D eigenvalue weighted by atomic mass is 19.1. The first-order valence-corrected chi connectivity index (χ1v) is 10.3. The van der Waals surface area contributed by atoms with Crippen molar-refractivity contribution in [2.45, 2.75) is 50.5 Å². The Kier molecular flexibility index (Phi) is 7.08. The number of rotatable bonds is 8. The van der Waals surface area contributed by atoms with E-state index in [-0.39, 0.29) is 5.91 Å². The maximum absolute atomic E-state index is 14.4. The molecule has 30 heavy (non-hydrogen) atoms. The number of carbonyl (C=O) groups is 2. The molecule has 1 fully saturated rings. The minimum atomic E-state index is -1.01. The molecule has 1 amide bonds. The second kappa shape index (κ2) is 9.74. The van der Waals surface area contributed by atoms with Gasteiger partial charge in [0, 0.05) is 12.1 Å². The first-order valence-electron chi connectivity index (χ1n) is 10.3. The van der Waals surface area contributed by atoms with Gasteiger partial charge in [0.2, 0.25) is 0 Å². The molecule has 0 bridgehead atoms. The number of benzene rings is 2. The highest BCUT2D eigenvalue weighted by molar-refractivity contribution is 5.88. The maximum Gasteiger partial charge on any atom is 0.317 e. The Labute approximate surface area is 176 Å². The summed E-state index contributed by atoms with van der Waals surface area (Å²) in [6.07, 6.45) is 2.40. The van der Waals surface area contributed by atoms with Crippen molar-refractivity contribution in [1.29, 1.82) is 0 Å². The summed E-state index contributed by atoms with van der Waals surface area (Å²) in [5, 5.41) is 2.80. The number of amides is 1. The lowest BCUT2D eigenvalue weighted by atomic mass is 9.78. The number of esters is 1. The molecular weight excluding hydrogens is 385 g/mol. The third kappa shape index (κ3) is 4.81. The number of methoxy groups -OCH3 is 1. The summed E-state index contributed by atoms with van der Waals surface area (Å²) in [4.78, 5) is 25.4. The number of hydrogen-bond acceptors (Lipinski definition) is 4. The van der Waals surface area contributed by atoms with E-state index in [0.717, 1.165) is 24.2 Å². The molecule has 0 aromatic heterocycles. The zero-order chi connectivity index (χ0) is 21.6. The van der Waals surface area contributed by atoms with Crippen molar-refractivity contribution in [3.8, 4) is 5.75 Å². The van der Waals surface area contributed by atoms with Crippen LogP contribution in [0.1, 0.15) is 43.7 Å². The average Bonchev–Trinajstić information content (AvgIpc) is 3.25. The van der Waals surface area contributed by atoms with Crippen molar-refractivity contribution in [2.75, 3.05) is 13.7 Å². The Morgan fingerprint density at radius 3 is 2.40 bits per heavy atom. The molecule has 0 spiro atoms. The van der Waals surface area contributed by atoms with Gasteiger partial charge in [-0.15, -0.1) is 0 Å². The smallest absolute Gasteiger partial charge is 0.317 e. The third-order valence-corrected chi connectivity index (χ3v) is 5.76. The molecule has 0 saturated heterocycles. The molecule has 1 aliphatic rings. The van der Waals surface area contributed by atoms with Crippen LogP contribution in [0.25, 0.3) is 0 Å². The fourth-order valence-corrected chi connectivity index (χ4v) is 4.00. The molecule has 3 rings (SSSR count). The van der Waals surface area contributed by atoms with Crippen molar-refractivity contribution in [3.05, 3.63) is 65.5 Å². The van der Waals surface area contributed by atoms with Gasteiger partial charge in [-0.2, -0.15) is 0 Å². The fraction of sp³-hybridized carbons (Fsp3) is 0.417. The summed E-state index contributed by atoms with van der Waals surface area (Å²) in [6.45, 7) is 1.97. The average molecular weight is 413 g/mol. The van der Waals surface area contributed by atoms with E-state index in [2.05, 4.69) is 5.32 Å². The van der Waals surface area contributed by atoms with Gasteiger partial charge >= 0.3 is 5.97 Å². The topological polar surface area (TPSA) is 64.6 Å². The van der Waals surface area contributed by atoms with Gasteiger partial charge in [-0.1, -0.05) is 43.2 Å². The van der Waals surface area contributed by atoms with Gasteiger partial charge in [0.05, 0.1) is 12.5 Å². The molecule has 5 nitrogen and oxygen atoms in total. The Bertz CT molecular complexity index is 875. The lowest BCUT2D eigenvalue weighted by Crippen LogP contribution is -2.42. The molecule has 1 N–H and O–H groups in total. The number of halogens is 1. The van der Waals surface area contributed by atoms with Crippen LogP contribution in [0, 0.1) is 5.82 Å². The van der Waals surface area contributed by atoms with Crippen LogP contribution in [0.3, 0.4) is 0 Å². The van der Waals surface area contributed by atoms with Gasteiger partial charge in [0.15, 0.2) is 6.10 Å². The molecule has 0 heterocycles. The predicted molar refractivity (Wildman–Crippen MR) is 112 cm³/mol. The monoisotopic (exact) mass is 413 g/mol. The number of ether oxygens (including phenoxy) is 2. The Morgan fingerprint density at radius 2 is 1.77 bits per heavy atom. The predicted octanol–water partition coefficient (Wildman–Crippen LogP) is 3.94. The van der Waals surface area contributed by atoms with Crippen LogP contribution in [0.2, 0.25) is 0 Å². The molecule has 0 aliphatic heterocycles. The van der Waals surface area contributed by atoms with Gasteiger partial charge in [-0.25, -0.2) is 4.39 Å². The first-order chi connectivity index (χ1) is 14.5. The molecular formula is C24H28FNO4. The van der Waals surface area contributed by atoms with Crippen molar-refractivity contribution in [3.63, 3.8) is 0 Å². The van der Waals surface area contributed by atoms with Gasteiger partial charge in [0.25, 0.3) is 5.91 Å². The molecule has 1 aliphatic carbocycles. The van der Waals surface area contributed by atoms with Crippen molar-refractivity contribution in [1.82, 2.24) is 5.32 Å². The summed E-state index contributed by atoms with van der Waals surface area (Å²) < 4.78 is 25.1. The number of nitrogens with one attached hydrogen (secondary N) is 1. The zero-order valence-electron chi connectivity index (χ0n) is 17.4. The molecule has 1 saturated carbocycles. The quantitative estimate of drug-likeness (QED) is 0.666. The SMILES string of the molecule is COc1ccc(CCNC(=O)[C@@H](C)OC(=O)C2(c3ccccc3F)CCCC2)cc1. The Morgan fingerprint density at radius 1 is 1.10 bits per heavy atom. The second-order valence-corrected chi connectivity index (χ2v) is 7.71. The summed E-state index contributed by atoms with van der Waals surface area (Å²) >= 11 is 0. The van der Waals surface area contributed by atoms with E-state index in [9.17, 15) is 14.0 Å². The van der Waals surface area contributed by atoms with Gasteiger partial charge in [-0.05, 0) is 49.9 Å². The standard InChI is InChI=1S/C24H28FNO4/c1-17(22(27)26-16-13-18-9-11-19(29-2)12-10-18)30-23(28)24(14-5-6-15-24)20-7-3-4-8-21(20)25/h3-4,7-12,17H,5-6,13-16H2,1-2H3,(H,26,27)/t17-/m1/s1. The Hall–Kier alpha value is -2.89. The van der Waals surface area contributed by atoms with Crippen LogP contribution in [-0.4, -0.2) is 31.6 Å². The van der Waals surface area contributed by atoms with Crippen LogP contribution >= 0.6 is 0 Å². The van der Waals surface area contributed by atoms with E-state index in [4.69, 9.17) is 9.47 Å². The van der Waals surface area contributed by atoms with Crippen LogP contribution in [-0.2, 0) is 26.2 Å². The molecule has 2 aromatic carbocycles. The zero-order valence-corrected chi connectivity index (χ0v) is 17.4. The molecule has 0 unspecified atom stereocenters. The number of carbonyl (C=O) groups excluding carboxylic acids is 2. The highest BCUT2D eigenvalue weighted by Crippen LogP contribution is 2.43. The van der Waals surface area contributed by atoms with Crippen molar-refractivity contribution < 1.29 is 23.5 Å². The van der Waals surface area contributed by atoms with E-state index >= 15 is 0 Å². The summed E-state index contributed by atoms with van der Waals surface area (Å²) in [5.41, 5.74) is 0.410. The van der Waals surface area contributed by atoms with E-state index in [1.165, 1.54) is 6.07 Å². The lowest BCUT2D eigenvalue weighted by Gasteiger charge is -2.29. The van der Waals surface area contributed by atoms with Gasteiger partial charge in [0.1, 0.15) is 11.6 Å². The molecule has 6 heteroatoms. The normalized spacial score (nSPS) is 16.0. The van der Waals surface area contributed by atoms with Crippen LogP contribution in [0.5, 0.6) is 5.75 Å². The molecule has 2 aromatic rings. The molecule has 160 valence electrons. The van der Waals surface area contributed by atoms with Crippen molar-refractivity contribution in [2.24, 2.45) is 0 Å². The van der Waals surface area contributed by atoms with Crippen LogP contribution in [0.15, 0.2) is 48.5 Å². The third-order valence-electron chi connectivity index (χ3n) is 5.76. The van der Waals surface area contributed by atoms with Crippen LogP contribution < -0.4 is 10.1 Å². The number of hydrogen-bond donors (Lipinski definition) is 1. The van der Waals surface area contributed by atoms with E-state index in [1.54, 1.807) is 32.2 Å². The molecule has 0 radical (unpaired) electrons. The van der Waals surface area contributed by atoms with E-state index in [0.29, 0.717) is 31.4 Å². The summed E-state index contributed by atoms with van der Waals surface area (Å²) in [5.74, 6) is -0.520. The van der Waals surface area contributed by atoms with Gasteiger partial charge < -0.3 is 14.8 Å². The maximum atomic E-state index is 14.4. The largest absolute Gasteiger partial charge is 0.497 e. The summed E-state index contributed by atoms with van der Waals surface area (Å²) in [7, 11) is 1.61. The minimum absolute atomic E-state index is 0.361. The van der Waals surface area contributed by atoms with Gasteiger partial charge in [-0.3, -0.25) is 9.59 Å². The van der Waals surface area contributed by atoms with E-state index < -0.39 is 23.3 Å². The fourth-order valence-electron chi connectivity index (χ4n) is 4.00. The minimum Gasteiger partial charge on any atom is -0.497 e. The molecule has 1 atom stereocenters. The van der Waals surface area contributed by atoms with Crippen LogP contribution in [0.4, 0.5) is 4.39 Å². The summed E-state index contributed by atoms with van der Waals surface area (Å²) in [6, 6.07) is 13.9. The Balaban J connectivity index is 1.57. The lowest BCUT2D eigenvalue weighted by molar-refractivity contribution is -0.160. The first kappa shape index (κ1) is 21.8. The van der Waals surface area contributed by atoms with E-state index in [1.807, 2.05) is 24.3 Å².